The molecule has 28 heavy (non-hydrogen) atoms. The molecule has 1 unspecified atom stereocenters. The van der Waals surface area contributed by atoms with E-state index in [9.17, 15) is 14.7 Å². The summed E-state index contributed by atoms with van der Waals surface area (Å²) in [4.78, 5) is 28.6. The second kappa shape index (κ2) is 8.80. The van der Waals surface area contributed by atoms with Crippen LogP contribution in [0.4, 0.5) is 0 Å². The summed E-state index contributed by atoms with van der Waals surface area (Å²) in [5.41, 5.74) is 3.15. The highest BCUT2D eigenvalue weighted by Gasteiger charge is 2.18. The van der Waals surface area contributed by atoms with Crippen molar-refractivity contribution in [1.82, 2.24) is 10.3 Å². The van der Waals surface area contributed by atoms with Crippen LogP contribution in [0.1, 0.15) is 35.7 Å². The molecule has 1 aromatic heterocycles. The SMILES string of the molecule is CCCCc1cc(C(=O)NCC(O)C(=O)OC)cc2nc3ccccc3cc12. The highest BCUT2D eigenvalue weighted by atomic mass is 16.5. The molecule has 3 rings (SSSR count). The van der Waals surface area contributed by atoms with Crippen LogP contribution >= 0.6 is 0 Å². The number of aliphatic hydroxyl groups is 1. The van der Waals surface area contributed by atoms with Crippen LogP contribution in [0.25, 0.3) is 21.8 Å². The normalized spacial score (nSPS) is 12.1. The molecule has 0 spiro atoms. The third kappa shape index (κ3) is 4.28. The first-order valence-corrected chi connectivity index (χ1v) is 9.40. The summed E-state index contributed by atoms with van der Waals surface area (Å²) >= 11 is 0. The van der Waals surface area contributed by atoms with Crippen molar-refractivity contribution in [2.45, 2.75) is 32.3 Å². The Morgan fingerprint density at radius 3 is 2.71 bits per heavy atom. The molecule has 0 radical (unpaired) electrons. The summed E-state index contributed by atoms with van der Waals surface area (Å²) in [6.07, 6.45) is 1.51. The van der Waals surface area contributed by atoms with Gasteiger partial charge in [-0.3, -0.25) is 4.79 Å². The number of unbranched alkanes of at least 4 members (excludes halogenated alkanes) is 1. The lowest BCUT2D eigenvalue weighted by Crippen LogP contribution is -2.37. The maximum Gasteiger partial charge on any atom is 0.336 e. The minimum Gasteiger partial charge on any atom is -0.467 e. The number of hydrogen-bond acceptors (Lipinski definition) is 5. The molecule has 0 bridgehead atoms. The molecule has 2 aromatic carbocycles. The average Bonchev–Trinajstić information content (AvgIpc) is 2.73. The van der Waals surface area contributed by atoms with E-state index in [1.54, 1.807) is 6.07 Å². The lowest BCUT2D eigenvalue weighted by atomic mass is 9.98. The number of esters is 1. The van der Waals surface area contributed by atoms with Gasteiger partial charge in [0, 0.05) is 16.3 Å². The summed E-state index contributed by atoms with van der Waals surface area (Å²) in [6.45, 7) is 1.92. The van der Waals surface area contributed by atoms with Gasteiger partial charge in [0.1, 0.15) is 0 Å². The predicted octanol–water partition coefficient (Wildman–Crippen LogP) is 2.99. The van der Waals surface area contributed by atoms with E-state index in [0.29, 0.717) is 5.56 Å². The number of benzene rings is 2. The zero-order valence-corrected chi connectivity index (χ0v) is 16.1. The van der Waals surface area contributed by atoms with E-state index >= 15 is 0 Å². The van der Waals surface area contributed by atoms with Crippen molar-refractivity contribution in [1.29, 1.82) is 0 Å². The van der Waals surface area contributed by atoms with Crippen molar-refractivity contribution in [3.8, 4) is 0 Å². The highest BCUT2D eigenvalue weighted by Crippen LogP contribution is 2.25. The molecule has 1 heterocycles. The number of aliphatic hydroxyl groups excluding tert-OH is 1. The van der Waals surface area contributed by atoms with Crippen LogP contribution in [0.3, 0.4) is 0 Å². The number of aromatic nitrogens is 1. The van der Waals surface area contributed by atoms with E-state index in [1.807, 2.05) is 30.3 Å². The minimum absolute atomic E-state index is 0.209. The number of carbonyl (C=O) groups excluding carboxylic acids is 2. The summed E-state index contributed by atoms with van der Waals surface area (Å²) in [6, 6.07) is 13.6. The second-order valence-electron chi connectivity index (χ2n) is 6.74. The Hall–Kier alpha value is -2.99. The number of hydrogen-bond donors (Lipinski definition) is 2. The molecule has 0 saturated carbocycles. The fraction of sp³-hybridized carbons (Fsp3) is 0.318. The summed E-state index contributed by atoms with van der Waals surface area (Å²) < 4.78 is 4.46. The molecule has 6 heteroatoms. The molecule has 0 aliphatic carbocycles. The van der Waals surface area contributed by atoms with Crippen molar-refractivity contribution in [3.05, 3.63) is 53.6 Å². The number of fused-ring (bicyclic) bond motifs is 2. The highest BCUT2D eigenvalue weighted by molar-refractivity contribution is 6.01. The molecular weight excluding hydrogens is 356 g/mol. The Labute approximate surface area is 163 Å². The topological polar surface area (TPSA) is 88.5 Å². The average molecular weight is 380 g/mol. The molecule has 146 valence electrons. The fourth-order valence-corrected chi connectivity index (χ4v) is 3.17. The third-order valence-electron chi connectivity index (χ3n) is 4.71. The molecular formula is C22H24N2O4. The number of rotatable bonds is 7. The molecule has 0 aliphatic rings. The number of nitrogens with one attached hydrogen (secondary N) is 1. The van der Waals surface area contributed by atoms with Crippen molar-refractivity contribution in [3.63, 3.8) is 0 Å². The van der Waals surface area contributed by atoms with Crippen LogP contribution < -0.4 is 5.32 Å². The van der Waals surface area contributed by atoms with Gasteiger partial charge in [0.2, 0.25) is 0 Å². The Bertz CT molecular complexity index is 1020. The van der Waals surface area contributed by atoms with Gasteiger partial charge in [-0.05, 0) is 42.7 Å². The zero-order chi connectivity index (χ0) is 20.1. The number of nitrogens with zero attached hydrogens (tertiary/aromatic N) is 1. The Morgan fingerprint density at radius 1 is 1.18 bits per heavy atom. The summed E-state index contributed by atoms with van der Waals surface area (Å²) in [5, 5.41) is 14.4. The first-order valence-electron chi connectivity index (χ1n) is 9.40. The first kappa shape index (κ1) is 19.8. The van der Waals surface area contributed by atoms with E-state index in [1.165, 1.54) is 7.11 Å². The largest absolute Gasteiger partial charge is 0.467 e. The van der Waals surface area contributed by atoms with Crippen LogP contribution in [-0.4, -0.2) is 41.7 Å². The standard InChI is InChI=1S/C22H24N2O4/c1-3-4-7-14-10-16(21(26)23-13-20(25)22(27)28-2)12-19-17(14)11-15-8-5-6-9-18(15)24-19/h5-6,8-12,20,25H,3-4,7,13H2,1-2H3,(H,23,26). The Balaban J connectivity index is 1.96. The van der Waals surface area contributed by atoms with Crippen molar-refractivity contribution in [2.75, 3.05) is 13.7 Å². The molecule has 0 saturated heterocycles. The molecule has 1 atom stereocenters. The molecule has 0 fully saturated rings. The van der Waals surface area contributed by atoms with E-state index in [4.69, 9.17) is 4.98 Å². The Morgan fingerprint density at radius 2 is 1.96 bits per heavy atom. The van der Waals surface area contributed by atoms with Gasteiger partial charge in [-0.1, -0.05) is 31.5 Å². The number of carbonyl (C=O) groups is 2. The molecule has 1 amide bonds. The van der Waals surface area contributed by atoms with Crippen molar-refractivity contribution < 1.29 is 19.4 Å². The van der Waals surface area contributed by atoms with Gasteiger partial charge >= 0.3 is 5.97 Å². The van der Waals surface area contributed by atoms with Crippen LogP contribution in [0.15, 0.2) is 42.5 Å². The lowest BCUT2D eigenvalue weighted by molar-refractivity contribution is -0.149. The van der Waals surface area contributed by atoms with Gasteiger partial charge in [0.25, 0.3) is 5.91 Å². The molecule has 6 nitrogen and oxygen atoms in total. The minimum atomic E-state index is -1.39. The fourth-order valence-electron chi connectivity index (χ4n) is 3.17. The van der Waals surface area contributed by atoms with E-state index in [0.717, 1.165) is 46.6 Å². The number of ether oxygens (including phenoxy) is 1. The molecule has 0 aliphatic heterocycles. The van der Waals surface area contributed by atoms with Crippen molar-refractivity contribution >= 4 is 33.7 Å². The van der Waals surface area contributed by atoms with Gasteiger partial charge in [-0.25, -0.2) is 9.78 Å². The maximum absolute atomic E-state index is 12.6. The number of para-hydroxylation sites is 1. The number of pyridine rings is 1. The van der Waals surface area contributed by atoms with Gasteiger partial charge in [0.05, 0.1) is 24.7 Å². The van der Waals surface area contributed by atoms with Gasteiger partial charge in [-0.15, -0.1) is 0 Å². The van der Waals surface area contributed by atoms with E-state index < -0.39 is 12.1 Å². The van der Waals surface area contributed by atoms with Crippen LogP contribution in [0, 0.1) is 0 Å². The van der Waals surface area contributed by atoms with Crippen molar-refractivity contribution in [2.24, 2.45) is 0 Å². The number of methoxy groups -OCH3 is 1. The maximum atomic E-state index is 12.6. The smallest absolute Gasteiger partial charge is 0.336 e. The zero-order valence-electron chi connectivity index (χ0n) is 16.1. The second-order valence-corrected chi connectivity index (χ2v) is 6.74. The number of amides is 1. The van der Waals surface area contributed by atoms with Gasteiger partial charge < -0.3 is 15.2 Å². The molecule has 2 N–H and O–H groups in total. The summed E-state index contributed by atoms with van der Waals surface area (Å²) in [5.74, 6) is -1.15. The van der Waals surface area contributed by atoms with Gasteiger partial charge in [-0.2, -0.15) is 0 Å². The third-order valence-corrected chi connectivity index (χ3v) is 4.71. The monoisotopic (exact) mass is 380 g/mol. The predicted molar refractivity (Wildman–Crippen MR) is 108 cm³/mol. The Kier molecular flexibility index (Phi) is 6.21. The lowest BCUT2D eigenvalue weighted by Gasteiger charge is -2.13. The van der Waals surface area contributed by atoms with Crippen LogP contribution in [0.2, 0.25) is 0 Å². The van der Waals surface area contributed by atoms with Gasteiger partial charge in [0.15, 0.2) is 6.10 Å². The first-order chi connectivity index (χ1) is 13.5. The van der Waals surface area contributed by atoms with Crippen LogP contribution in [0.5, 0.6) is 0 Å². The van der Waals surface area contributed by atoms with Crippen LogP contribution in [-0.2, 0) is 16.0 Å². The summed E-state index contributed by atoms with van der Waals surface area (Å²) in [7, 11) is 1.19. The molecule has 3 aromatic rings. The van der Waals surface area contributed by atoms with E-state index in [-0.39, 0.29) is 12.5 Å². The number of aryl methyl sites for hydroxylation is 1. The van der Waals surface area contributed by atoms with E-state index in [2.05, 4.69) is 23.0 Å². The quantitative estimate of drug-likeness (QED) is 0.486.